The lowest BCUT2D eigenvalue weighted by Gasteiger charge is -2.41. The standard InChI is InChI=1S/C28H39N7O4S/c1-18-16-28(5,6)34(17-18)25-23(24(30)36)19(13-14-31-25)20-10-7-8-15-33(20)26(37)35(27(2,3)4)40(38,39)22-12-9-11-21(29)32-22/h7,9-14,18,20H,8,15-17H2,1-6H3,(H2,29,32)(H2,30,36)/t18-,20?/m0/s1. The highest BCUT2D eigenvalue weighted by molar-refractivity contribution is 7.89. The third-order valence-corrected chi connectivity index (χ3v) is 9.27. The molecule has 2 aromatic heterocycles. The van der Waals surface area contributed by atoms with Gasteiger partial charge in [-0.15, -0.1) is 0 Å². The fourth-order valence-corrected chi connectivity index (χ4v) is 7.52. The zero-order valence-electron chi connectivity index (χ0n) is 24.0. The van der Waals surface area contributed by atoms with E-state index in [-0.39, 0.29) is 28.5 Å². The Hall–Kier alpha value is -3.67. The number of hydrogen-bond donors (Lipinski definition) is 2. The van der Waals surface area contributed by atoms with Crippen LogP contribution in [0, 0.1) is 5.92 Å². The molecule has 1 saturated heterocycles. The number of hydrogen-bond acceptors (Lipinski definition) is 8. The summed E-state index contributed by atoms with van der Waals surface area (Å²) >= 11 is 0. The first-order valence-electron chi connectivity index (χ1n) is 13.4. The van der Waals surface area contributed by atoms with Crippen LogP contribution in [0.25, 0.3) is 0 Å². The molecule has 0 aliphatic carbocycles. The molecule has 2 aliphatic rings. The summed E-state index contributed by atoms with van der Waals surface area (Å²) in [7, 11) is -4.39. The van der Waals surface area contributed by atoms with Crippen molar-refractivity contribution in [2.45, 2.75) is 76.5 Å². The van der Waals surface area contributed by atoms with Gasteiger partial charge in [-0.2, -0.15) is 8.42 Å². The lowest BCUT2D eigenvalue weighted by Crippen LogP contribution is -2.55. The molecule has 0 bridgehead atoms. The van der Waals surface area contributed by atoms with Gasteiger partial charge in [0.25, 0.3) is 15.9 Å². The second-order valence-electron chi connectivity index (χ2n) is 12.2. The highest BCUT2D eigenvalue weighted by atomic mass is 32.2. The number of nitrogens with zero attached hydrogens (tertiary/aromatic N) is 5. The van der Waals surface area contributed by atoms with Crippen LogP contribution in [0.5, 0.6) is 0 Å². The van der Waals surface area contributed by atoms with E-state index >= 15 is 0 Å². The Labute approximate surface area is 236 Å². The van der Waals surface area contributed by atoms with Crippen molar-refractivity contribution in [2.24, 2.45) is 11.7 Å². The molecule has 2 aromatic rings. The molecule has 12 heteroatoms. The van der Waals surface area contributed by atoms with Crippen LogP contribution in [0.1, 0.15) is 76.3 Å². The van der Waals surface area contributed by atoms with Gasteiger partial charge in [-0.3, -0.25) is 4.79 Å². The summed E-state index contributed by atoms with van der Waals surface area (Å²) in [6.07, 6.45) is 6.75. The summed E-state index contributed by atoms with van der Waals surface area (Å²) in [5.41, 5.74) is 11.1. The number of sulfonamides is 1. The Kier molecular flexibility index (Phi) is 7.61. The number of primary amides is 1. The van der Waals surface area contributed by atoms with Gasteiger partial charge in [0.05, 0.1) is 17.1 Å². The molecular weight excluding hydrogens is 530 g/mol. The minimum atomic E-state index is -4.39. The number of nitrogen functional groups attached to an aromatic ring is 1. The smallest absolute Gasteiger partial charge is 0.335 e. The fourth-order valence-electron chi connectivity index (χ4n) is 5.83. The van der Waals surface area contributed by atoms with Crippen molar-refractivity contribution in [2.75, 3.05) is 23.7 Å². The Morgan fingerprint density at radius 3 is 2.45 bits per heavy atom. The van der Waals surface area contributed by atoms with Gasteiger partial charge >= 0.3 is 6.03 Å². The molecule has 216 valence electrons. The SMILES string of the molecule is C[C@@H]1CN(c2nccc(C3C=CCCN3C(=O)N(C(C)(C)C)S(=O)(=O)c3cccc(N)n3)c2C(N)=O)C(C)(C)C1. The molecule has 4 heterocycles. The quantitative estimate of drug-likeness (QED) is 0.517. The third kappa shape index (κ3) is 5.36. The minimum Gasteiger partial charge on any atom is -0.384 e. The lowest BCUT2D eigenvalue weighted by atomic mass is 9.94. The molecule has 0 spiro atoms. The van der Waals surface area contributed by atoms with Crippen molar-refractivity contribution < 1.29 is 18.0 Å². The average molecular weight is 570 g/mol. The number of carbonyl (C=O) groups excluding carboxylic acids is 2. The predicted octanol–water partition coefficient (Wildman–Crippen LogP) is 3.69. The van der Waals surface area contributed by atoms with Crippen LogP contribution in [-0.4, -0.2) is 63.7 Å². The summed E-state index contributed by atoms with van der Waals surface area (Å²) < 4.78 is 28.5. The minimum absolute atomic E-state index is 0.0238. The highest BCUT2D eigenvalue weighted by Crippen LogP contribution is 2.40. The maximum absolute atomic E-state index is 14.2. The van der Waals surface area contributed by atoms with Crippen LogP contribution < -0.4 is 16.4 Å². The van der Waals surface area contributed by atoms with Crippen molar-refractivity contribution in [3.8, 4) is 0 Å². The zero-order valence-corrected chi connectivity index (χ0v) is 24.8. The Morgan fingerprint density at radius 1 is 1.18 bits per heavy atom. The summed E-state index contributed by atoms with van der Waals surface area (Å²) in [4.78, 5) is 39.3. The largest absolute Gasteiger partial charge is 0.384 e. The van der Waals surface area contributed by atoms with Gasteiger partial charge in [0.1, 0.15) is 11.6 Å². The fraction of sp³-hybridized carbons (Fsp3) is 0.500. The molecule has 2 aliphatic heterocycles. The van der Waals surface area contributed by atoms with Crippen LogP contribution in [0.2, 0.25) is 0 Å². The highest BCUT2D eigenvalue weighted by Gasteiger charge is 2.44. The Morgan fingerprint density at radius 2 is 1.88 bits per heavy atom. The second kappa shape index (κ2) is 10.4. The predicted molar refractivity (Wildman–Crippen MR) is 154 cm³/mol. The number of rotatable bonds is 5. The van der Waals surface area contributed by atoms with E-state index in [1.54, 1.807) is 39.1 Å². The van der Waals surface area contributed by atoms with Crippen LogP contribution in [-0.2, 0) is 10.0 Å². The maximum Gasteiger partial charge on any atom is 0.335 e. The van der Waals surface area contributed by atoms with Crippen molar-refractivity contribution >= 4 is 33.6 Å². The molecule has 0 saturated carbocycles. The number of anilines is 2. The molecule has 2 atom stereocenters. The van der Waals surface area contributed by atoms with E-state index < -0.39 is 33.5 Å². The maximum atomic E-state index is 14.2. The number of carbonyl (C=O) groups is 2. The van der Waals surface area contributed by atoms with Crippen molar-refractivity contribution in [1.82, 2.24) is 19.2 Å². The van der Waals surface area contributed by atoms with Gasteiger partial charge in [-0.25, -0.2) is 19.1 Å². The molecule has 0 aromatic carbocycles. The van der Waals surface area contributed by atoms with E-state index in [1.165, 1.54) is 23.1 Å². The number of amides is 3. The molecule has 4 rings (SSSR count). The van der Waals surface area contributed by atoms with Crippen LogP contribution >= 0.6 is 0 Å². The molecule has 40 heavy (non-hydrogen) atoms. The van der Waals surface area contributed by atoms with Gasteiger partial charge in [0.2, 0.25) is 0 Å². The molecule has 1 unspecified atom stereocenters. The van der Waals surface area contributed by atoms with E-state index in [2.05, 4.69) is 35.6 Å². The third-order valence-electron chi connectivity index (χ3n) is 7.33. The Bertz CT molecular complexity index is 1450. The van der Waals surface area contributed by atoms with Gasteiger partial charge in [-0.05, 0) is 77.1 Å². The number of nitrogens with two attached hydrogens (primary N) is 2. The van der Waals surface area contributed by atoms with Crippen molar-refractivity contribution in [1.29, 1.82) is 0 Å². The number of urea groups is 1. The zero-order chi connectivity index (χ0) is 29.6. The van der Waals surface area contributed by atoms with Crippen molar-refractivity contribution in [3.63, 3.8) is 0 Å². The Balaban J connectivity index is 1.83. The monoisotopic (exact) mass is 569 g/mol. The number of pyridine rings is 2. The molecule has 0 radical (unpaired) electrons. The topological polar surface area (TPSA) is 156 Å². The van der Waals surface area contributed by atoms with Gasteiger partial charge in [0.15, 0.2) is 5.03 Å². The van der Waals surface area contributed by atoms with E-state index in [0.29, 0.717) is 30.3 Å². The lowest BCUT2D eigenvalue weighted by molar-refractivity contribution is 0.0995. The summed E-state index contributed by atoms with van der Waals surface area (Å²) in [5, 5.41) is -0.325. The molecule has 4 N–H and O–H groups in total. The molecule has 11 nitrogen and oxygen atoms in total. The van der Waals surface area contributed by atoms with Crippen LogP contribution in [0.4, 0.5) is 16.4 Å². The molecule has 3 amide bonds. The summed E-state index contributed by atoms with van der Waals surface area (Å²) in [5.74, 6) is 0.217. The van der Waals surface area contributed by atoms with E-state index in [1.807, 2.05) is 6.08 Å². The first kappa shape index (κ1) is 29.3. The van der Waals surface area contributed by atoms with Gasteiger partial charge in [-0.1, -0.05) is 25.1 Å². The molecular formula is C28H39N7O4S. The van der Waals surface area contributed by atoms with Crippen LogP contribution in [0.15, 0.2) is 47.6 Å². The molecule has 1 fully saturated rings. The average Bonchev–Trinajstić information content (AvgIpc) is 3.13. The second-order valence-corrected chi connectivity index (χ2v) is 13.9. The van der Waals surface area contributed by atoms with Gasteiger partial charge < -0.3 is 21.3 Å². The van der Waals surface area contributed by atoms with E-state index in [0.717, 1.165) is 10.7 Å². The van der Waals surface area contributed by atoms with E-state index in [9.17, 15) is 18.0 Å². The first-order chi connectivity index (χ1) is 18.6. The first-order valence-corrected chi connectivity index (χ1v) is 14.8. The number of aromatic nitrogens is 2. The van der Waals surface area contributed by atoms with Gasteiger partial charge in [0, 0.05) is 24.8 Å². The van der Waals surface area contributed by atoms with E-state index in [4.69, 9.17) is 11.5 Å². The summed E-state index contributed by atoms with van der Waals surface area (Å²) in [6, 6.07) is 4.45. The van der Waals surface area contributed by atoms with Crippen LogP contribution in [0.3, 0.4) is 0 Å². The van der Waals surface area contributed by atoms with Crippen molar-refractivity contribution in [3.05, 3.63) is 53.7 Å². The summed E-state index contributed by atoms with van der Waals surface area (Å²) in [6.45, 7) is 12.2. The normalized spacial score (nSPS) is 20.9.